The molecule has 0 spiro atoms. The van der Waals surface area contributed by atoms with E-state index in [9.17, 15) is 17.6 Å². The molecule has 0 radical (unpaired) electrons. The number of ketones is 1. The lowest BCUT2D eigenvalue weighted by atomic mass is 9.65. The number of ether oxygens (including phenoxy) is 1. The van der Waals surface area contributed by atoms with Crippen molar-refractivity contribution in [1.82, 2.24) is 19.1 Å². The monoisotopic (exact) mass is 544 g/mol. The number of halogens is 1. The topological polar surface area (TPSA) is 94.4 Å². The van der Waals surface area contributed by atoms with Gasteiger partial charge in [0.05, 0.1) is 35.0 Å². The molecule has 8 nitrogen and oxygen atoms in total. The number of Topliss-reactive ketones (excluding diaryl/α,β-unsaturated/α-hetero) is 1. The first-order chi connectivity index (χ1) is 18.8. The van der Waals surface area contributed by atoms with E-state index >= 15 is 0 Å². The summed E-state index contributed by atoms with van der Waals surface area (Å²) >= 11 is 0. The smallest absolute Gasteiger partial charge is 0.243 e. The number of aromatic nitrogens is 3. The number of pyridine rings is 1. The lowest BCUT2D eigenvalue weighted by Crippen LogP contribution is -2.53. The molecule has 4 aromatic rings. The third-order valence-electron chi connectivity index (χ3n) is 7.48. The van der Waals surface area contributed by atoms with Crippen LogP contribution in [-0.2, 0) is 16.4 Å². The van der Waals surface area contributed by atoms with Gasteiger partial charge >= 0.3 is 0 Å². The van der Waals surface area contributed by atoms with Gasteiger partial charge in [0.15, 0.2) is 5.78 Å². The Kier molecular flexibility index (Phi) is 6.16. The number of nitrogens with zero attached hydrogens (tertiary/aromatic N) is 4. The molecule has 0 N–H and O–H groups in total. The minimum Gasteiger partial charge on any atom is -0.497 e. The largest absolute Gasteiger partial charge is 0.497 e. The highest BCUT2D eigenvalue weighted by Crippen LogP contribution is 2.47. The SMILES string of the molecule is COc1ccc(S(=O)(=O)N2CCC3=Cc4c(cnn4-c4ccc(F)cc4)C[C@]3(C(=O)c3ccccn3)C2)cc1. The maximum Gasteiger partial charge on any atom is 0.243 e. The van der Waals surface area contributed by atoms with Crippen LogP contribution in [-0.4, -0.2) is 53.5 Å². The second kappa shape index (κ2) is 9.55. The Morgan fingerprint density at radius 2 is 1.82 bits per heavy atom. The lowest BCUT2D eigenvalue weighted by molar-refractivity contribution is 0.0770. The number of hydrogen-bond acceptors (Lipinski definition) is 6. The molecular formula is C29H25FN4O4S. The average Bonchev–Trinajstić information content (AvgIpc) is 3.38. The molecule has 2 aromatic carbocycles. The molecule has 2 aliphatic rings. The van der Waals surface area contributed by atoms with Crippen molar-refractivity contribution in [2.75, 3.05) is 20.2 Å². The van der Waals surface area contributed by atoms with Gasteiger partial charge < -0.3 is 4.74 Å². The molecule has 1 aliphatic carbocycles. The van der Waals surface area contributed by atoms with Gasteiger partial charge in [0.2, 0.25) is 10.0 Å². The first kappa shape index (κ1) is 25.1. The van der Waals surface area contributed by atoms with E-state index in [1.54, 1.807) is 59.5 Å². The zero-order valence-corrected chi connectivity index (χ0v) is 21.9. The van der Waals surface area contributed by atoms with Crippen molar-refractivity contribution in [3.05, 3.63) is 107 Å². The molecule has 0 bridgehead atoms. The first-order valence-corrected chi connectivity index (χ1v) is 13.9. The molecule has 0 unspecified atom stereocenters. The molecule has 198 valence electrons. The van der Waals surface area contributed by atoms with Crippen molar-refractivity contribution in [3.63, 3.8) is 0 Å². The summed E-state index contributed by atoms with van der Waals surface area (Å²) in [7, 11) is -2.37. The van der Waals surface area contributed by atoms with Crippen LogP contribution in [0.2, 0.25) is 0 Å². The number of hydrogen-bond donors (Lipinski definition) is 0. The molecule has 1 saturated heterocycles. The summed E-state index contributed by atoms with van der Waals surface area (Å²) in [5.41, 5.74) is 2.26. The molecule has 0 amide bonds. The van der Waals surface area contributed by atoms with Crippen molar-refractivity contribution in [2.24, 2.45) is 5.41 Å². The van der Waals surface area contributed by atoms with Gasteiger partial charge in [0.1, 0.15) is 17.3 Å². The molecule has 10 heteroatoms. The fraction of sp³-hybridized carbons (Fsp3) is 0.207. The van der Waals surface area contributed by atoms with Gasteiger partial charge in [-0.1, -0.05) is 11.6 Å². The molecule has 1 aliphatic heterocycles. The number of carbonyl (C=O) groups excluding carboxylic acids is 1. The minimum absolute atomic E-state index is 0.0240. The van der Waals surface area contributed by atoms with Gasteiger partial charge in [-0.15, -0.1) is 0 Å². The highest BCUT2D eigenvalue weighted by atomic mass is 32.2. The van der Waals surface area contributed by atoms with Crippen LogP contribution < -0.4 is 4.74 Å². The van der Waals surface area contributed by atoms with Gasteiger partial charge in [0, 0.05) is 19.3 Å². The van der Waals surface area contributed by atoms with Gasteiger partial charge in [0.25, 0.3) is 0 Å². The Labute approximate surface area is 225 Å². The molecular weight excluding hydrogens is 519 g/mol. The summed E-state index contributed by atoms with van der Waals surface area (Å²) < 4.78 is 49.3. The van der Waals surface area contributed by atoms with Crippen LogP contribution in [0.4, 0.5) is 4.39 Å². The molecule has 2 aromatic heterocycles. The Morgan fingerprint density at radius 3 is 2.51 bits per heavy atom. The minimum atomic E-state index is -3.89. The van der Waals surface area contributed by atoms with E-state index in [2.05, 4.69) is 10.1 Å². The standard InChI is InChI=1S/C29H25FN4O4S/c1-38-24-9-11-25(12-10-24)39(36,37)33-15-13-21-16-27-20(18-32-34(27)23-7-5-22(30)6-8-23)17-29(21,19-33)28(35)26-4-2-3-14-31-26/h2-12,14,16,18H,13,15,17,19H2,1H3/t29-/m0/s1. The molecule has 1 fully saturated rings. The molecule has 39 heavy (non-hydrogen) atoms. The maximum absolute atomic E-state index is 14.2. The number of rotatable bonds is 6. The van der Waals surface area contributed by atoms with E-state index in [1.165, 1.54) is 35.7 Å². The van der Waals surface area contributed by atoms with Crippen LogP contribution in [0.1, 0.15) is 28.2 Å². The molecule has 6 rings (SSSR count). The van der Waals surface area contributed by atoms with Crippen molar-refractivity contribution < 1.29 is 22.3 Å². The van der Waals surface area contributed by atoms with Crippen molar-refractivity contribution in [2.45, 2.75) is 17.7 Å². The molecule has 3 heterocycles. The fourth-order valence-electron chi connectivity index (χ4n) is 5.45. The Hall–Kier alpha value is -4.15. The zero-order chi connectivity index (χ0) is 27.2. The van der Waals surface area contributed by atoms with Crippen LogP contribution in [0, 0.1) is 11.2 Å². The van der Waals surface area contributed by atoms with Crippen molar-refractivity contribution in [3.8, 4) is 11.4 Å². The highest BCUT2D eigenvalue weighted by molar-refractivity contribution is 7.89. The second-order valence-electron chi connectivity index (χ2n) is 9.68. The Balaban J connectivity index is 1.43. The van der Waals surface area contributed by atoms with E-state index in [0.717, 1.165) is 16.8 Å². The summed E-state index contributed by atoms with van der Waals surface area (Å²) in [6, 6.07) is 17.4. The average molecular weight is 545 g/mol. The van der Waals surface area contributed by atoms with Crippen LogP contribution in [0.5, 0.6) is 5.75 Å². The molecule has 1 atom stereocenters. The van der Waals surface area contributed by atoms with E-state index in [-0.39, 0.29) is 41.7 Å². The normalized spacial score (nSPS) is 19.1. The Morgan fingerprint density at radius 1 is 1.05 bits per heavy atom. The summed E-state index contributed by atoms with van der Waals surface area (Å²) in [5, 5.41) is 4.53. The fourth-order valence-corrected chi connectivity index (χ4v) is 6.95. The highest BCUT2D eigenvalue weighted by Gasteiger charge is 2.51. The predicted octanol–water partition coefficient (Wildman–Crippen LogP) is 4.32. The summed E-state index contributed by atoms with van der Waals surface area (Å²) in [5.74, 6) is -0.0229. The van der Waals surface area contributed by atoms with Crippen LogP contribution in [0.25, 0.3) is 11.8 Å². The summed E-state index contributed by atoms with van der Waals surface area (Å²) in [6.45, 7) is 0.196. The zero-order valence-electron chi connectivity index (χ0n) is 21.1. The van der Waals surface area contributed by atoms with Crippen LogP contribution >= 0.6 is 0 Å². The number of carbonyl (C=O) groups is 1. The molecule has 0 saturated carbocycles. The van der Waals surface area contributed by atoms with Gasteiger partial charge in [-0.05, 0) is 85.1 Å². The van der Waals surface area contributed by atoms with Gasteiger partial charge in [-0.2, -0.15) is 9.40 Å². The summed E-state index contributed by atoms with van der Waals surface area (Å²) in [6.07, 6.45) is 5.81. The predicted molar refractivity (Wildman–Crippen MR) is 143 cm³/mol. The van der Waals surface area contributed by atoms with Crippen molar-refractivity contribution >= 4 is 21.9 Å². The van der Waals surface area contributed by atoms with Gasteiger partial charge in [-0.25, -0.2) is 17.5 Å². The van der Waals surface area contributed by atoms with Gasteiger partial charge in [-0.3, -0.25) is 9.78 Å². The lowest BCUT2D eigenvalue weighted by Gasteiger charge is -2.44. The first-order valence-electron chi connectivity index (χ1n) is 12.5. The third-order valence-corrected chi connectivity index (χ3v) is 9.34. The van der Waals surface area contributed by atoms with Crippen LogP contribution in [0.3, 0.4) is 0 Å². The quantitative estimate of drug-likeness (QED) is 0.336. The Bertz CT molecular complexity index is 1680. The van der Waals surface area contributed by atoms with Crippen LogP contribution in [0.15, 0.2) is 89.6 Å². The van der Waals surface area contributed by atoms with E-state index in [1.807, 2.05) is 6.08 Å². The number of benzene rings is 2. The number of methoxy groups -OCH3 is 1. The van der Waals surface area contributed by atoms with Crippen molar-refractivity contribution in [1.29, 1.82) is 0 Å². The maximum atomic E-state index is 14.2. The number of piperidine rings is 1. The number of sulfonamides is 1. The van der Waals surface area contributed by atoms with E-state index < -0.39 is 15.4 Å². The second-order valence-corrected chi connectivity index (χ2v) is 11.6. The summed E-state index contributed by atoms with van der Waals surface area (Å²) in [4.78, 5) is 18.6. The number of fused-ring (bicyclic) bond motifs is 2. The van der Waals surface area contributed by atoms with E-state index in [4.69, 9.17) is 4.74 Å². The third kappa shape index (κ3) is 4.25. The van der Waals surface area contributed by atoms with E-state index in [0.29, 0.717) is 17.9 Å².